The largest absolute Gasteiger partial charge is 0.481 e. The monoisotopic (exact) mass is 270 g/mol. The summed E-state index contributed by atoms with van der Waals surface area (Å²) in [5.74, 6) is 0.468. The molecule has 0 aliphatic rings. The van der Waals surface area contributed by atoms with Crippen molar-refractivity contribution in [2.24, 2.45) is 5.73 Å². The van der Waals surface area contributed by atoms with Gasteiger partial charge in [-0.3, -0.25) is 4.79 Å². The molecule has 0 spiro atoms. The van der Waals surface area contributed by atoms with E-state index in [0.717, 1.165) is 16.1 Å². The van der Waals surface area contributed by atoms with Crippen LogP contribution in [-0.2, 0) is 4.79 Å². The number of halogens is 1. The molecule has 0 radical (unpaired) electrons. The summed E-state index contributed by atoms with van der Waals surface area (Å²) in [5.41, 5.74) is 7.18. The number of carbonyl (C=O) groups is 1. The highest BCUT2D eigenvalue weighted by molar-refractivity contribution is 6.32. The molecule has 1 rings (SSSR count). The van der Waals surface area contributed by atoms with Crippen molar-refractivity contribution in [3.05, 3.63) is 28.3 Å². The van der Waals surface area contributed by atoms with Gasteiger partial charge in [0.2, 0.25) is 0 Å². The highest BCUT2D eigenvalue weighted by atomic mass is 35.5. The Labute approximate surface area is 112 Å². The van der Waals surface area contributed by atoms with Crippen LogP contribution in [0.15, 0.2) is 12.1 Å². The van der Waals surface area contributed by atoms with E-state index in [1.165, 1.54) is 0 Å². The molecule has 5 heteroatoms. The summed E-state index contributed by atoms with van der Waals surface area (Å²) in [6, 6.07) is 3.64. The van der Waals surface area contributed by atoms with Crippen LogP contribution in [0.2, 0.25) is 5.02 Å². The van der Waals surface area contributed by atoms with Gasteiger partial charge in [-0.15, -0.1) is 0 Å². The second kappa shape index (κ2) is 6.61. The third-order valence-corrected chi connectivity index (χ3v) is 3.13. The van der Waals surface area contributed by atoms with Crippen molar-refractivity contribution < 1.29 is 9.53 Å². The molecule has 0 heterocycles. The minimum absolute atomic E-state index is 0.175. The Morgan fingerprint density at radius 1 is 1.44 bits per heavy atom. The minimum Gasteiger partial charge on any atom is -0.481 e. The quantitative estimate of drug-likeness (QED) is 0.858. The lowest BCUT2D eigenvalue weighted by molar-refractivity contribution is -0.127. The molecule has 0 aliphatic heterocycles. The molecule has 1 atom stereocenters. The Kier molecular flexibility index (Phi) is 5.44. The fourth-order valence-corrected chi connectivity index (χ4v) is 1.68. The molecule has 1 amide bonds. The summed E-state index contributed by atoms with van der Waals surface area (Å²) in [6.45, 7) is 6.37. The van der Waals surface area contributed by atoms with Gasteiger partial charge in [0.05, 0.1) is 0 Å². The molecule has 0 saturated heterocycles. The lowest BCUT2D eigenvalue weighted by Gasteiger charge is -2.16. The number of nitrogens with two attached hydrogens (primary N) is 1. The Hall–Kier alpha value is -1.26. The number of rotatable bonds is 5. The number of carbonyl (C=O) groups excluding carboxylic acids is 1. The van der Waals surface area contributed by atoms with Gasteiger partial charge >= 0.3 is 0 Å². The van der Waals surface area contributed by atoms with Crippen LogP contribution in [0.5, 0.6) is 5.75 Å². The summed E-state index contributed by atoms with van der Waals surface area (Å²) in [7, 11) is 0. The van der Waals surface area contributed by atoms with E-state index in [0.29, 0.717) is 18.8 Å². The molecule has 4 nitrogen and oxygen atoms in total. The molecular weight excluding hydrogens is 252 g/mol. The zero-order valence-corrected chi connectivity index (χ0v) is 11.7. The number of aryl methyl sites for hydroxylation is 2. The van der Waals surface area contributed by atoms with Gasteiger partial charge in [-0.25, -0.2) is 0 Å². The summed E-state index contributed by atoms with van der Waals surface area (Å²) in [4.78, 5) is 11.6. The van der Waals surface area contributed by atoms with Gasteiger partial charge in [-0.2, -0.15) is 0 Å². The van der Waals surface area contributed by atoms with Crippen molar-refractivity contribution >= 4 is 17.5 Å². The van der Waals surface area contributed by atoms with Gasteiger partial charge in [-0.1, -0.05) is 11.6 Å². The van der Waals surface area contributed by atoms with Crippen LogP contribution in [0.3, 0.4) is 0 Å². The highest BCUT2D eigenvalue weighted by Crippen LogP contribution is 2.26. The first-order valence-electron chi connectivity index (χ1n) is 5.87. The van der Waals surface area contributed by atoms with Gasteiger partial charge in [0.15, 0.2) is 6.10 Å². The van der Waals surface area contributed by atoms with Crippen molar-refractivity contribution in [1.29, 1.82) is 0 Å². The van der Waals surface area contributed by atoms with Crippen molar-refractivity contribution in [3.63, 3.8) is 0 Å². The van der Waals surface area contributed by atoms with Gasteiger partial charge in [0.25, 0.3) is 5.91 Å². The molecule has 0 fully saturated rings. The maximum Gasteiger partial charge on any atom is 0.260 e. The van der Waals surface area contributed by atoms with Crippen LogP contribution in [-0.4, -0.2) is 25.1 Å². The summed E-state index contributed by atoms with van der Waals surface area (Å²) in [6.07, 6.45) is -0.559. The zero-order valence-electron chi connectivity index (χ0n) is 10.9. The number of benzene rings is 1. The van der Waals surface area contributed by atoms with Crippen LogP contribution in [0.1, 0.15) is 18.1 Å². The normalized spacial score (nSPS) is 12.1. The number of amides is 1. The molecule has 3 N–H and O–H groups in total. The second-order valence-electron chi connectivity index (χ2n) is 4.21. The number of ether oxygens (including phenoxy) is 1. The first-order valence-corrected chi connectivity index (χ1v) is 6.24. The lowest BCUT2D eigenvalue weighted by Crippen LogP contribution is -2.38. The second-order valence-corrected chi connectivity index (χ2v) is 4.59. The summed E-state index contributed by atoms with van der Waals surface area (Å²) >= 11 is 6.07. The molecule has 0 aromatic heterocycles. The van der Waals surface area contributed by atoms with Crippen molar-refractivity contribution in [2.75, 3.05) is 13.1 Å². The van der Waals surface area contributed by atoms with Crippen molar-refractivity contribution in [3.8, 4) is 5.75 Å². The summed E-state index contributed by atoms with van der Waals surface area (Å²) < 4.78 is 5.58. The molecular formula is C13H19ClN2O2. The topological polar surface area (TPSA) is 64.3 Å². The molecule has 18 heavy (non-hydrogen) atoms. The van der Waals surface area contributed by atoms with Gasteiger partial charge < -0.3 is 15.8 Å². The minimum atomic E-state index is -0.559. The van der Waals surface area contributed by atoms with Crippen LogP contribution >= 0.6 is 11.6 Å². The standard InChI is InChI=1S/C13H19ClN2O2/c1-8-6-11(7-9(2)12(8)14)18-10(3)13(17)16-5-4-15/h6-7,10H,4-5,15H2,1-3H3,(H,16,17). The van der Waals surface area contributed by atoms with Gasteiger partial charge in [0.1, 0.15) is 5.75 Å². The Balaban J connectivity index is 2.70. The van der Waals surface area contributed by atoms with E-state index in [4.69, 9.17) is 22.1 Å². The Morgan fingerprint density at radius 3 is 2.50 bits per heavy atom. The molecule has 0 bridgehead atoms. The fourth-order valence-electron chi connectivity index (χ4n) is 1.57. The Bertz CT molecular complexity index is 412. The fraction of sp³-hybridized carbons (Fsp3) is 0.462. The van der Waals surface area contributed by atoms with E-state index >= 15 is 0 Å². The van der Waals surface area contributed by atoms with E-state index in [1.54, 1.807) is 6.92 Å². The average molecular weight is 271 g/mol. The third-order valence-electron chi connectivity index (χ3n) is 2.54. The maximum absolute atomic E-state index is 11.6. The zero-order chi connectivity index (χ0) is 13.7. The predicted molar refractivity (Wildman–Crippen MR) is 73.1 cm³/mol. The van der Waals surface area contributed by atoms with E-state index in [2.05, 4.69) is 5.32 Å². The van der Waals surface area contributed by atoms with Crippen LogP contribution in [0.4, 0.5) is 0 Å². The molecule has 100 valence electrons. The van der Waals surface area contributed by atoms with E-state index < -0.39 is 6.10 Å². The van der Waals surface area contributed by atoms with Crippen LogP contribution in [0.25, 0.3) is 0 Å². The first kappa shape index (κ1) is 14.8. The van der Waals surface area contributed by atoms with Gasteiger partial charge in [0, 0.05) is 18.1 Å². The summed E-state index contributed by atoms with van der Waals surface area (Å²) in [5, 5.41) is 3.40. The third kappa shape index (κ3) is 3.89. The number of hydrogen-bond acceptors (Lipinski definition) is 3. The number of nitrogens with one attached hydrogen (secondary N) is 1. The molecule has 1 aromatic carbocycles. The van der Waals surface area contributed by atoms with Crippen LogP contribution in [0, 0.1) is 13.8 Å². The Morgan fingerprint density at radius 2 is 2.00 bits per heavy atom. The smallest absolute Gasteiger partial charge is 0.260 e. The van der Waals surface area contributed by atoms with Crippen molar-refractivity contribution in [1.82, 2.24) is 5.32 Å². The number of hydrogen-bond donors (Lipinski definition) is 2. The lowest BCUT2D eigenvalue weighted by atomic mass is 10.1. The molecule has 0 saturated carbocycles. The van der Waals surface area contributed by atoms with Crippen molar-refractivity contribution in [2.45, 2.75) is 26.9 Å². The predicted octanol–water partition coefficient (Wildman–Crippen LogP) is 1.80. The molecule has 1 unspecified atom stereocenters. The van der Waals surface area contributed by atoms with E-state index in [9.17, 15) is 4.79 Å². The van der Waals surface area contributed by atoms with E-state index in [-0.39, 0.29) is 5.91 Å². The van der Waals surface area contributed by atoms with Gasteiger partial charge in [-0.05, 0) is 44.0 Å². The maximum atomic E-state index is 11.6. The van der Waals surface area contributed by atoms with Crippen LogP contribution < -0.4 is 15.8 Å². The molecule has 0 aliphatic carbocycles. The first-order chi connectivity index (χ1) is 8.45. The average Bonchev–Trinajstić information content (AvgIpc) is 2.32. The molecule has 1 aromatic rings. The van der Waals surface area contributed by atoms with E-state index in [1.807, 2.05) is 26.0 Å². The SMILES string of the molecule is Cc1cc(OC(C)C(=O)NCCN)cc(C)c1Cl. The highest BCUT2D eigenvalue weighted by Gasteiger charge is 2.14.